The number of fused-ring (bicyclic) bond motifs is 2. The second-order valence-corrected chi connectivity index (χ2v) is 9.01. The van der Waals surface area contributed by atoms with Crippen LogP contribution in [-0.4, -0.2) is 45.8 Å². The molecule has 0 N–H and O–H groups in total. The highest BCUT2D eigenvalue weighted by Gasteiger charge is 2.22. The van der Waals surface area contributed by atoms with Gasteiger partial charge in [-0.15, -0.1) is 0 Å². The van der Waals surface area contributed by atoms with E-state index in [9.17, 15) is 0 Å². The molecule has 0 saturated heterocycles. The van der Waals surface area contributed by atoms with Crippen LogP contribution in [0, 0.1) is 0 Å². The van der Waals surface area contributed by atoms with Crippen molar-refractivity contribution >= 4 is 11.4 Å². The van der Waals surface area contributed by atoms with Crippen molar-refractivity contribution in [1.82, 2.24) is 0 Å². The van der Waals surface area contributed by atoms with Crippen molar-refractivity contribution in [3.63, 3.8) is 0 Å². The summed E-state index contributed by atoms with van der Waals surface area (Å²) in [7, 11) is 8.79. The van der Waals surface area contributed by atoms with Crippen LogP contribution in [0.5, 0.6) is 5.75 Å². The molecule has 4 rings (SSSR count). The molecule has 0 saturated carbocycles. The number of quaternary nitrogens is 1. The van der Waals surface area contributed by atoms with Crippen molar-refractivity contribution in [1.29, 1.82) is 0 Å². The van der Waals surface area contributed by atoms with Gasteiger partial charge in [-0.2, -0.15) is 0 Å². The highest BCUT2D eigenvalue weighted by atomic mass is 16.5. The van der Waals surface area contributed by atoms with E-state index in [1.807, 2.05) is 31.3 Å². The van der Waals surface area contributed by atoms with E-state index >= 15 is 0 Å². The van der Waals surface area contributed by atoms with Crippen LogP contribution in [0.1, 0.15) is 17.9 Å². The summed E-state index contributed by atoms with van der Waals surface area (Å²) in [4.78, 5) is 4.47. The third-order valence-electron chi connectivity index (χ3n) is 5.64. The molecular formula is C26H32N3O+. The maximum Gasteiger partial charge on any atom is 0.200 e. The Kier molecular flexibility index (Phi) is 5.69. The highest BCUT2D eigenvalue weighted by molar-refractivity contribution is 5.66. The second kappa shape index (κ2) is 8.41. The summed E-state index contributed by atoms with van der Waals surface area (Å²) < 4.78 is 6.97. The Hall–Kier alpha value is -2.98. The molecule has 0 fully saturated rings. The highest BCUT2D eigenvalue weighted by Crippen LogP contribution is 2.38. The summed E-state index contributed by atoms with van der Waals surface area (Å²) in [6.07, 6.45) is 12.1. The molecule has 0 radical (unpaired) electrons. The van der Waals surface area contributed by atoms with Crippen LogP contribution < -0.4 is 14.5 Å². The molecule has 0 aliphatic carbocycles. The Bertz CT molecular complexity index is 984. The maximum atomic E-state index is 5.97. The van der Waals surface area contributed by atoms with Gasteiger partial charge in [0.05, 0.1) is 33.4 Å². The van der Waals surface area contributed by atoms with E-state index in [0.717, 1.165) is 28.3 Å². The fourth-order valence-corrected chi connectivity index (χ4v) is 4.01. The minimum atomic E-state index is 0.266. The van der Waals surface area contributed by atoms with Gasteiger partial charge >= 0.3 is 0 Å². The number of hydrogen-bond donors (Lipinski definition) is 0. The molecule has 0 aromatic heterocycles. The van der Waals surface area contributed by atoms with Gasteiger partial charge in [0.2, 0.25) is 0 Å². The minimum absolute atomic E-state index is 0.266. The van der Waals surface area contributed by atoms with Gasteiger partial charge in [-0.3, -0.25) is 0 Å². The number of benzene rings is 2. The third-order valence-corrected chi connectivity index (χ3v) is 5.64. The van der Waals surface area contributed by atoms with Crippen molar-refractivity contribution in [2.75, 3.05) is 51.1 Å². The van der Waals surface area contributed by atoms with Gasteiger partial charge in [-0.25, -0.2) is 0 Å². The van der Waals surface area contributed by atoms with Crippen molar-refractivity contribution in [3.05, 3.63) is 90.5 Å². The molecule has 2 aromatic rings. The van der Waals surface area contributed by atoms with Gasteiger partial charge in [-0.05, 0) is 29.8 Å². The lowest BCUT2D eigenvalue weighted by Crippen LogP contribution is -2.37. The summed E-state index contributed by atoms with van der Waals surface area (Å²) in [5, 5.41) is 0. The van der Waals surface area contributed by atoms with Crippen LogP contribution in [0.15, 0.2) is 84.9 Å². The topological polar surface area (TPSA) is 15.7 Å². The van der Waals surface area contributed by atoms with Crippen LogP contribution in [0.2, 0.25) is 0 Å². The van der Waals surface area contributed by atoms with Gasteiger partial charge in [0.15, 0.2) is 11.6 Å². The van der Waals surface area contributed by atoms with Crippen molar-refractivity contribution < 1.29 is 9.22 Å². The summed E-state index contributed by atoms with van der Waals surface area (Å²) >= 11 is 0. The van der Waals surface area contributed by atoms with E-state index in [2.05, 4.69) is 85.7 Å². The lowest BCUT2D eigenvalue weighted by molar-refractivity contribution is -0.870. The van der Waals surface area contributed by atoms with Crippen molar-refractivity contribution in [2.45, 2.75) is 12.3 Å². The molecule has 4 nitrogen and oxygen atoms in total. The molecule has 0 bridgehead atoms. The van der Waals surface area contributed by atoms with E-state index in [1.54, 1.807) is 0 Å². The van der Waals surface area contributed by atoms with Crippen molar-refractivity contribution in [3.8, 4) is 5.75 Å². The number of rotatable bonds is 6. The Morgan fingerprint density at radius 2 is 1.73 bits per heavy atom. The zero-order chi connectivity index (χ0) is 21.1. The zero-order valence-electron chi connectivity index (χ0n) is 18.5. The molecule has 2 heterocycles. The van der Waals surface area contributed by atoms with Crippen LogP contribution >= 0.6 is 0 Å². The average Bonchev–Trinajstić information content (AvgIpc) is 3.04. The molecule has 2 aliphatic rings. The van der Waals surface area contributed by atoms with Gasteiger partial charge in [0.25, 0.3) is 0 Å². The first-order chi connectivity index (χ1) is 14.4. The lowest BCUT2D eigenvalue weighted by atomic mass is 9.93. The van der Waals surface area contributed by atoms with Gasteiger partial charge in [0, 0.05) is 37.8 Å². The molecule has 4 heteroatoms. The molecule has 0 spiro atoms. The first-order valence-electron chi connectivity index (χ1n) is 10.7. The number of allylic oxidation sites excluding steroid dienone is 4. The number of para-hydroxylation sites is 3. The number of ether oxygens (including phenoxy) is 1. The quantitative estimate of drug-likeness (QED) is 0.623. The van der Waals surface area contributed by atoms with Crippen LogP contribution in [0.3, 0.4) is 0 Å². The SMILES string of the molecule is CN1/C(=C/C=C/C2C=CN(CCC[N+](C)(C)C)c3ccccc32)Oc2ccccc21. The molecular weight excluding hydrogens is 370 g/mol. The molecule has 30 heavy (non-hydrogen) atoms. The zero-order valence-corrected chi connectivity index (χ0v) is 18.5. The van der Waals surface area contributed by atoms with Gasteiger partial charge in [-0.1, -0.05) is 48.6 Å². The van der Waals surface area contributed by atoms with E-state index in [1.165, 1.54) is 24.2 Å². The summed E-state index contributed by atoms with van der Waals surface area (Å²) in [6, 6.07) is 16.8. The standard InChI is InChI=1S/C26H32N3O/c1-27-24-14-7-8-15-25(24)30-26(27)16-9-11-21-17-19-28(18-10-20-29(2,3)4)23-13-6-5-12-22(21)23/h5-9,11-17,19,21H,10,18,20H2,1-4H3/q+1/b11-9+,26-16-. The molecule has 0 amide bonds. The summed E-state index contributed by atoms with van der Waals surface area (Å²) in [6.45, 7) is 2.21. The number of nitrogens with zero attached hydrogens (tertiary/aromatic N) is 3. The first kappa shape index (κ1) is 20.3. The summed E-state index contributed by atoms with van der Waals surface area (Å²) in [5.74, 6) is 2.02. The second-order valence-electron chi connectivity index (χ2n) is 9.01. The number of hydrogen-bond acceptors (Lipinski definition) is 3. The van der Waals surface area contributed by atoms with Crippen LogP contribution in [0.25, 0.3) is 0 Å². The van der Waals surface area contributed by atoms with E-state index in [0.29, 0.717) is 0 Å². The molecule has 1 unspecified atom stereocenters. The third kappa shape index (κ3) is 4.44. The molecule has 2 aromatic carbocycles. The lowest BCUT2D eigenvalue weighted by Gasteiger charge is -2.31. The Morgan fingerprint density at radius 1 is 1.00 bits per heavy atom. The first-order valence-corrected chi connectivity index (χ1v) is 10.7. The van der Waals surface area contributed by atoms with E-state index < -0.39 is 0 Å². The predicted octanol–water partition coefficient (Wildman–Crippen LogP) is 5.13. The minimum Gasteiger partial charge on any atom is -0.439 e. The molecule has 1 atom stereocenters. The fraction of sp³-hybridized carbons (Fsp3) is 0.308. The maximum absolute atomic E-state index is 5.97. The monoisotopic (exact) mass is 402 g/mol. The Labute approximate surface area is 180 Å². The van der Waals surface area contributed by atoms with Gasteiger partial charge in [0.1, 0.15) is 0 Å². The van der Waals surface area contributed by atoms with E-state index in [4.69, 9.17) is 4.74 Å². The largest absolute Gasteiger partial charge is 0.439 e. The van der Waals surface area contributed by atoms with Crippen molar-refractivity contribution in [2.24, 2.45) is 0 Å². The fourth-order valence-electron chi connectivity index (χ4n) is 4.01. The van der Waals surface area contributed by atoms with E-state index in [-0.39, 0.29) is 5.92 Å². The summed E-state index contributed by atoms with van der Waals surface area (Å²) in [5.41, 5.74) is 3.76. The molecule has 2 aliphatic heterocycles. The van der Waals surface area contributed by atoms with Gasteiger partial charge < -0.3 is 19.0 Å². The normalized spacial score (nSPS) is 19.3. The smallest absolute Gasteiger partial charge is 0.200 e. The Morgan fingerprint density at radius 3 is 2.50 bits per heavy atom. The van der Waals surface area contributed by atoms with Crippen LogP contribution in [0.4, 0.5) is 11.4 Å². The average molecular weight is 403 g/mol. The number of anilines is 2. The molecule has 156 valence electrons. The Balaban J connectivity index is 1.46. The van der Waals surface area contributed by atoms with Crippen LogP contribution in [-0.2, 0) is 0 Å². The predicted molar refractivity (Wildman–Crippen MR) is 126 cm³/mol.